The Kier molecular flexibility index (Phi) is 5.43. The fourth-order valence-electron chi connectivity index (χ4n) is 3.06. The van der Waals surface area contributed by atoms with Crippen LogP contribution in [0.1, 0.15) is 22.3 Å². The van der Waals surface area contributed by atoms with Gasteiger partial charge >= 0.3 is 0 Å². The van der Waals surface area contributed by atoms with Gasteiger partial charge in [0.05, 0.1) is 5.56 Å². The molecule has 2 aromatic rings. The van der Waals surface area contributed by atoms with Crippen LogP contribution in [0.25, 0.3) is 0 Å². The molecule has 2 amide bonds. The van der Waals surface area contributed by atoms with Gasteiger partial charge in [-0.1, -0.05) is 29.8 Å². The Bertz CT molecular complexity index is 774. The highest BCUT2D eigenvalue weighted by Crippen LogP contribution is 2.25. The fourth-order valence-corrected chi connectivity index (χ4v) is 3.65. The second-order valence-corrected chi connectivity index (χ2v) is 7.17. The number of nitrogens with one attached hydrogen (secondary N) is 1. The molecule has 4 nitrogen and oxygen atoms in total. The minimum atomic E-state index is -0.0776. The third kappa shape index (κ3) is 4.04. The van der Waals surface area contributed by atoms with Crippen LogP contribution in [-0.2, 0) is 4.79 Å². The molecule has 1 atom stereocenters. The molecule has 0 aliphatic carbocycles. The van der Waals surface area contributed by atoms with Gasteiger partial charge < -0.3 is 10.2 Å². The lowest BCUT2D eigenvalue weighted by molar-refractivity contribution is -0.117. The van der Waals surface area contributed by atoms with E-state index in [0.717, 1.165) is 10.6 Å². The van der Waals surface area contributed by atoms with Crippen LogP contribution in [0.2, 0.25) is 0 Å². The summed E-state index contributed by atoms with van der Waals surface area (Å²) < 4.78 is 0. The van der Waals surface area contributed by atoms with E-state index < -0.39 is 0 Å². The highest BCUT2D eigenvalue weighted by Gasteiger charge is 2.30. The first kappa shape index (κ1) is 17.5. The van der Waals surface area contributed by atoms with Crippen molar-refractivity contribution in [2.24, 2.45) is 5.92 Å². The van der Waals surface area contributed by atoms with Crippen molar-refractivity contribution in [3.63, 3.8) is 0 Å². The van der Waals surface area contributed by atoms with Crippen LogP contribution in [0.15, 0.2) is 53.4 Å². The number of hydrogen-bond acceptors (Lipinski definition) is 3. The van der Waals surface area contributed by atoms with E-state index in [1.807, 2.05) is 66.6 Å². The lowest BCUT2D eigenvalue weighted by atomic mass is 10.1. The maximum absolute atomic E-state index is 12.4. The normalized spacial score (nSPS) is 17.0. The minimum absolute atomic E-state index is 0.0776. The van der Waals surface area contributed by atoms with Crippen LogP contribution < -0.4 is 10.2 Å². The van der Waals surface area contributed by atoms with Gasteiger partial charge in [0.1, 0.15) is 0 Å². The summed E-state index contributed by atoms with van der Waals surface area (Å²) in [4.78, 5) is 27.5. The highest BCUT2D eigenvalue weighted by molar-refractivity contribution is 7.98. The van der Waals surface area contributed by atoms with E-state index in [9.17, 15) is 9.59 Å². The summed E-state index contributed by atoms with van der Waals surface area (Å²) in [6, 6.07) is 15.5. The third-order valence-corrected chi connectivity index (χ3v) is 5.25. The number of carbonyl (C=O) groups excluding carboxylic acids is 2. The summed E-state index contributed by atoms with van der Waals surface area (Å²) in [5.41, 5.74) is 2.79. The lowest BCUT2D eigenvalue weighted by Gasteiger charge is -2.17. The lowest BCUT2D eigenvalue weighted by Crippen LogP contribution is -2.31. The first-order chi connectivity index (χ1) is 12.1. The fraction of sp³-hybridized carbons (Fsp3) is 0.300. The van der Waals surface area contributed by atoms with Gasteiger partial charge in [-0.15, -0.1) is 11.8 Å². The Hall–Kier alpha value is -2.27. The molecule has 1 saturated heterocycles. The predicted octanol–water partition coefficient (Wildman–Crippen LogP) is 3.50. The summed E-state index contributed by atoms with van der Waals surface area (Å²) in [6.45, 7) is 3.18. The predicted molar refractivity (Wildman–Crippen MR) is 102 cm³/mol. The Labute approximate surface area is 152 Å². The van der Waals surface area contributed by atoms with E-state index in [0.29, 0.717) is 25.1 Å². The maximum Gasteiger partial charge on any atom is 0.252 e. The van der Waals surface area contributed by atoms with E-state index >= 15 is 0 Å². The molecular formula is C20H22N2O2S. The van der Waals surface area contributed by atoms with Gasteiger partial charge in [-0.3, -0.25) is 9.59 Å². The molecule has 0 bridgehead atoms. The SMILES string of the molecule is CSc1ccccc1C(=O)NC[C@@H]1CC(=O)N(c2ccc(C)cc2)C1. The maximum atomic E-state index is 12.4. The van der Waals surface area contributed by atoms with Gasteiger partial charge in [-0.2, -0.15) is 0 Å². The molecule has 0 saturated carbocycles. The van der Waals surface area contributed by atoms with Gasteiger partial charge in [0.15, 0.2) is 0 Å². The number of amides is 2. The van der Waals surface area contributed by atoms with Crippen LogP contribution >= 0.6 is 11.8 Å². The average Bonchev–Trinajstić information content (AvgIpc) is 3.01. The topological polar surface area (TPSA) is 49.4 Å². The van der Waals surface area contributed by atoms with Crippen molar-refractivity contribution < 1.29 is 9.59 Å². The van der Waals surface area contributed by atoms with Crippen LogP contribution in [0.5, 0.6) is 0 Å². The molecule has 2 aromatic carbocycles. The molecule has 0 radical (unpaired) electrons. The summed E-state index contributed by atoms with van der Waals surface area (Å²) in [5, 5.41) is 2.99. The van der Waals surface area contributed by atoms with Gasteiger partial charge in [-0.25, -0.2) is 0 Å². The van der Waals surface area contributed by atoms with Crippen molar-refractivity contribution in [2.75, 3.05) is 24.2 Å². The molecule has 25 heavy (non-hydrogen) atoms. The van der Waals surface area contributed by atoms with Gasteiger partial charge in [0.25, 0.3) is 5.91 Å². The molecule has 1 aliphatic rings. The van der Waals surface area contributed by atoms with Crippen LogP contribution in [0, 0.1) is 12.8 Å². The molecule has 1 aliphatic heterocycles. The van der Waals surface area contributed by atoms with Crippen molar-refractivity contribution in [1.82, 2.24) is 5.32 Å². The van der Waals surface area contributed by atoms with Crippen LogP contribution in [0.3, 0.4) is 0 Å². The first-order valence-corrected chi connectivity index (χ1v) is 9.59. The molecule has 130 valence electrons. The number of nitrogens with zero attached hydrogens (tertiary/aromatic N) is 1. The monoisotopic (exact) mass is 354 g/mol. The molecule has 5 heteroatoms. The molecule has 1 N–H and O–H groups in total. The second kappa shape index (κ2) is 7.74. The number of anilines is 1. The van der Waals surface area contributed by atoms with Crippen molar-refractivity contribution >= 4 is 29.3 Å². The summed E-state index contributed by atoms with van der Waals surface area (Å²) in [6.07, 6.45) is 2.43. The van der Waals surface area contributed by atoms with Gasteiger partial charge in [0.2, 0.25) is 5.91 Å². The standard InChI is InChI=1S/C20H22N2O2S/c1-14-7-9-16(10-8-14)22-13-15(11-19(22)23)12-21-20(24)17-5-3-4-6-18(17)25-2/h3-10,15H,11-13H2,1-2H3,(H,21,24)/t15-/m0/s1. The summed E-state index contributed by atoms with van der Waals surface area (Å²) >= 11 is 1.56. The smallest absolute Gasteiger partial charge is 0.252 e. The zero-order valence-electron chi connectivity index (χ0n) is 14.5. The van der Waals surface area contributed by atoms with Gasteiger partial charge in [-0.05, 0) is 37.4 Å². The van der Waals surface area contributed by atoms with E-state index in [1.54, 1.807) is 11.8 Å². The molecular weight excluding hydrogens is 332 g/mol. The zero-order chi connectivity index (χ0) is 17.8. The quantitative estimate of drug-likeness (QED) is 0.836. The second-order valence-electron chi connectivity index (χ2n) is 6.32. The Balaban J connectivity index is 1.60. The third-order valence-electron chi connectivity index (χ3n) is 4.45. The zero-order valence-corrected chi connectivity index (χ0v) is 15.3. The van der Waals surface area contributed by atoms with E-state index in [2.05, 4.69) is 5.32 Å². The Morgan fingerprint density at radius 3 is 2.64 bits per heavy atom. The van der Waals surface area contributed by atoms with E-state index in [1.165, 1.54) is 5.56 Å². The largest absolute Gasteiger partial charge is 0.352 e. The Morgan fingerprint density at radius 1 is 1.20 bits per heavy atom. The summed E-state index contributed by atoms with van der Waals surface area (Å²) in [5.74, 6) is 0.179. The molecule has 1 heterocycles. The number of hydrogen-bond donors (Lipinski definition) is 1. The first-order valence-electron chi connectivity index (χ1n) is 8.36. The van der Waals surface area contributed by atoms with Crippen molar-refractivity contribution in [3.8, 4) is 0 Å². The molecule has 3 rings (SSSR count). The highest BCUT2D eigenvalue weighted by atomic mass is 32.2. The van der Waals surface area contributed by atoms with Crippen molar-refractivity contribution in [2.45, 2.75) is 18.2 Å². The number of benzene rings is 2. The molecule has 0 spiro atoms. The van der Waals surface area contributed by atoms with Crippen LogP contribution in [0.4, 0.5) is 5.69 Å². The minimum Gasteiger partial charge on any atom is -0.352 e. The number of aryl methyl sites for hydroxylation is 1. The number of rotatable bonds is 5. The van der Waals surface area contributed by atoms with E-state index in [4.69, 9.17) is 0 Å². The molecule has 0 aromatic heterocycles. The summed E-state index contributed by atoms with van der Waals surface area (Å²) in [7, 11) is 0. The van der Waals surface area contributed by atoms with E-state index in [-0.39, 0.29) is 17.7 Å². The van der Waals surface area contributed by atoms with Crippen LogP contribution in [-0.4, -0.2) is 31.2 Å². The molecule has 0 unspecified atom stereocenters. The van der Waals surface area contributed by atoms with Gasteiger partial charge in [0, 0.05) is 36.0 Å². The van der Waals surface area contributed by atoms with Crippen molar-refractivity contribution in [1.29, 1.82) is 0 Å². The Morgan fingerprint density at radius 2 is 1.92 bits per heavy atom. The number of carbonyl (C=O) groups is 2. The van der Waals surface area contributed by atoms with Crippen molar-refractivity contribution in [3.05, 3.63) is 59.7 Å². The molecule has 1 fully saturated rings. The number of thioether (sulfide) groups is 1. The average molecular weight is 354 g/mol.